The fourth-order valence-corrected chi connectivity index (χ4v) is 1.94. The first-order valence-electron chi connectivity index (χ1n) is 5.29. The van der Waals surface area contributed by atoms with Gasteiger partial charge in [-0.15, -0.1) is 0 Å². The van der Waals surface area contributed by atoms with Gasteiger partial charge in [-0.25, -0.2) is 0 Å². The van der Waals surface area contributed by atoms with Crippen molar-refractivity contribution in [2.75, 3.05) is 26.0 Å². The number of carbonyl (C=O) groups excluding carboxylic acids is 1. The second kappa shape index (κ2) is 3.67. The van der Waals surface area contributed by atoms with E-state index in [1.54, 1.807) is 4.90 Å². The second-order valence-electron chi connectivity index (χ2n) is 4.24. The monoisotopic (exact) mass is 216 g/mol. The van der Waals surface area contributed by atoms with Crippen LogP contribution in [0.2, 0.25) is 0 Å². The summed E-state index contributed by atoms with van der Waals surface area (Å²) in [6, 6.07) is 7.90. The summed E-state index contributed by atoms with van der Waals surface area (Å²) >= 11 is 0. The Balaban J connectivity index is 2.67. The van der Waals surface area contributed by atoms with Gasteiger partial charge >= 0.3 is 0 Å². The first-order valence-corrected chi connectivity index (χ1v) is 5.29. The molecule has 16 heavy (non-hydrogen) atoms. The van der Waals surface area contributed by atoms with Crippen LogP contribution in [0.1, 0.15) is 12.5 Å². The maximum atomic E-state index is 12.1. The number of hydrogen-bond acceptors (Lipinski definition) is 2. The van der Waals surface area contributed by atoms with E-state index in [-0.39, 0.29) is 5.91 Å². The van der Waals surface area contributed by atoms with Crippen LogP contribution in [0.25, 0.3) is 5.57 Å². The molecule has 0 bridgehead atoms. The van der Waals surface area contributed by atoms with Crippen LogP contribution in [0, 0.1) is 0 Å². The number of nitrogens with zero attached hydrogens (tertiary/aromatic N) is 2. The highest BCUT2D eigenvalue weighted by Gasteiger charge is 2.31. The highest BCUT2D eigenvalue weighted by atomic mass is 16.2. The lowest BCUT2D eigenvalue weighted by Crippen LogP contribution is -2.22. The minimum Gasteiger partial charge on any atom is -0.381 e. The number of likely N-dealkylation sites (N-methyl/N-ethyl adjacent to an activating group) is 1. The smallest absolute Gasteiger partial charge is 0.260 e. The summed E-state index contributed by atoms with van der Waals surface area (Å²) in [5, 5.41) is 0. The highest BCUT2D eigenvalue weighted by molar-refractivity contribution is 6.32. The van der Waals surface area contributed by atoms with Gasteiger partial charge in [0.05, 0.1) is 11.3 Å². The number of rotatable bonds is 1. The van der Waals surface area contributed by atoms with Crippen LogP contribution in [0.3, 0.4) is 0 Å². The van der Waals surface area contributed by atoms with Crippen LogP contribution in [-0.2, 0) is 4.79 Å². The second-order valence-corrected chi connectivity index (χ2v) is 4.24. The lowest BCUT2D eigenvalue weighted by Gasteiger charge is -2.15. The average molecular weight is 216 g/mol. The summed E-state index contributed by atoms with van der Waals surface area (Å²) in [7, 11) is 5.73. The first-order chi connectivity index (χ1) is 7.54. The molecule has 3 nitrogen and oxygen atoms in total. The van der Waals surface area contributed by atoms with Crippen LogP contribution < -0.4 is 4.90 Å². The molecule has 3 heteroatoms. The van der Waals surface area contributed by atoms with E-state index >= 15 is 0 Å². The van der Waals surface area contributed by atoms with Gasteiger partial charge in [0.25, 0.3) is 5.91 Å². The van der Waals surface area contributed by atoms with Crippen molar-refractivity contribution in [3.8, 4) is 0 Å². The Labute approximate surface area is 96.0 Å². The van der Waals surface area contributed by atoms with E-state index in [4.69, 9.17) is 0 Å². The van der Waals surface area contributed by atoms with E-state index in [0.717, 1.165) is 22.5 Å². The van der Waals surface area contributed by atoms with Crippen LogP contribution >= 0.6 is 0 Å². The molecule has 1 aromatic rings. The Morgan fingerprint density at radius 1 is 1.25 bits per heavy atom. The van der Waals surface area contributed by atoms with Crippen molar-refractivity contribution in [2.45, 2.75) is 6.92 Å². The van der Waals surface area contributed by atoms with Gasteiger partial charge in [-0.05, 0) is 13.0 Å². The fraction of sp³-hybridized carbons (Fsp3) is 0.308. The van der Waals surface area contributed by atoms with Gasteiger partial charge in [0, 0.05) is 32.4 Å². The van der Waals surface area contributed by atoms with E-state index in [9.17, 15) is 4.79 Å². The molecular formula is C13H16N2O. The molecule has 0 atom stereocenters. The van der Waals surface area contributed by atoms with Crippen molar-refractivity contribution in [1.29, 1.82) is 0 Å². The number of carbonyl (C=O) groups is 1. The van der Waals surface area contributed by atoms with Crippen molar-refractivity contribution < 1.29 is 4.79 Å². The van der Waals surface area contributed by atoms with Gasteiger partial charge < -0.3 is 9.80 Å². The molecule has 0 N–H and O–H groups in total. The van der Waals surface area contributed by atoms with Crippen molar-refractivity contribution in [3.63, 3.8) is 0 Å². The van der Waals surface area contributed by atoms with E-state index < -0.39 is 0 Å². The summed E-state index contributed by atoms with van der Waals surface area (Å²) in [6.45, 7) is 1.98. The lowest BCUT2D eigenvalue weighted by atomic mass is 10.1. The number of hydrogen-bond donors (Lipinski definition) is 0. The van der Waals surface area contributed by atoms with E-state index in [1.807, 2.05) is 57.2 Å². The summed E-state index contributed by atoms with van der Waals surface area (Å²) in [4.78, 5) is 15.8. The Morgan fingerprint density at radius 2 is 1.88 bits per heavy atom. The topological polar surface area (TPSA) is 23.6 Å². The standard InChI is InChI=1S/C13H16N2O/c1-9(14(2)3)12-10-7-5-6-8-11(10)15(4)13(12)16/h5-8H,1-4H3/b12-9+. The number of allylic oxidation sites excluding steroid dienone is 1. The minimum atomic E-state index is 0.0763. The first kappa shape index (κ1) is 10.7. The average Bonchev–Trinajstić information content (AvgIpc) is 2.52. The zero-order valence-corrected chi connectivity index (χ0v) is 10.1. The summed E-state index contributed by atoms with van der Waals surface area (Å²) in [5.74, 6) is 0.0763. The molecule has 0 aliphatic carbocycles. The lowest BCUT2D eigenvalue weighted by molar-refractivity contribution is -0.112. The maximum absolute atomic E-state index is 12.1. The van der Waals surface area contributed by atoms with Crippen LogP contribution in [0.5, 0.6) is 0 Å². The summed E-state index contributed by atoms with van der Waals surface area (Å²) < 4.78 is 0. The van der Waals surface area contributed by atoms with Crippen molar-refractivity contribution in [3.05, 3.63) is 35.5 Å². The van der Waals surface area contributed by atoms with Crippen LogP contribution in [0.15, 0.2) is 30.0 Å². The zero-order chi connectivity index (χ0) is 11.9. The van der Waals surface area contributed by atoms with E-state index in [1.165, 1.54) is 0 Å². The molecular weight excluding hydrogens is 200 g/mol. The number of anilines is 1. The molecule has 0 saturated heterocycles. The Kier molecular flexibility index (Phi) is 2.46. The van der Waals surface area contributed by atoms with Crippen molar-refractivity contribution in [1.82, 2.24) is 4.90 Å². The molecule has 0 aromatic heterocycles. The van der Waals surface area contributed by atoms with Gasteiger partial charge in [-0.3, -0.25) is 4.79 Å². The normalized spacial score (nSPS) is 17.5. The SMILES string of the molecule is C/C(=C1\C(=O)N(C)c2ccccc21)N(C)C. The van der Waals surface area contributed by atoms with Gasteiger partial charge in [-0.1, -0.05) is 18.2 Å². The molecule has 0 fully saturated rings. The van der Waals surface area contributed by atoms with Crippen LogP contribution in [-0.4, -0.2) is 32.0 Å². The third-order valence-corrected chi connectivity index (χ3v) is 3.09. The molecule has 1 aromatic carbocycles. The molecule has 1 heterocycles. The Hall–Kier alpha value is -1.77. The van der Waals surface area contributed by atoms with Gasteiger partial charge in [0.15, 0.2) is 0 Å². The molecule has 0 radical (unpaired) electrons. The maximum Gasteiger partial charge on any atom is 0.260 e. The number of fused-ring (bicyclic) bond motifs is 1. The highest BCUT2D eigenvalue weighted by Crippen LogP contribution is 2.37. The molecule has 0 unspecified atom stereocenters. The fourth-order valence-electron chi connectivity index (χ4n) is 1.94. The third-order valence-electron chi connectivity index (χ3n) is 3.09. The quantitative estimate of drug-likeness (QED) is 0.670. The molecule has 1 aliphatic rings. The van der Waals surface area contributed by atoms with Gasteiger partial charge in [0.1, 0.15) is 0 Å². The Morgan fingerprint density at radius 3 is 2.50 bits per heavy atom. The third kappa shape index (κ3) is 1.40. The van der Waals surface area contributed by atoms with Gasteiger partial charge in [-0.2, -0.15) is 0 Å². The predicted octanol–water partition coefficient (Wildman–Crippen LogP) is 1.96. The van der Waals surface area contributed by atoms with Crippen molar-refractivity contribution in [2.24, 2.45) is 0 Å². The largest absolute Gasteiger partial charge is 0.381 e. The Bertz CT molecular complexity index is 475. The molecule has 1 aliphatic heterocycles. The molecule has 0 spiro atoms. The predicted molar refractivity (Wildman–Crippen MR) is 66.1 cm³/mol. The summed E-state index contributed by atoms with van der Waals surface area (Å²) in [5.41, 5.74) is 3.83. The molecule has 0 saturated carbocycles. The molecule has 2 rings (SSSR count). The zero-order valence-electron chi connectivity index (χ0n) is 10.1. The molecule has 84 valence electrons. The van der Waals surface area contributed by atoms with Gasteiger partial charge in [0.2, 0.25) is 0 Å². The van der Waals surface area contributed by atoms with E-state index in [2.05, 4.69) is 0 Å². The van der Waals surface area contributed by atoms with Crippen molar-refractivity contribution >= 4 is 17.2 Å². The summed E-state index contributed by atoms with van der Waals surface area (Å²) in [6.07, 6.45) is 0. The number of amides is 1. The van der Waals surface area contributed by atoms with E-state index in [0.29, 0.717) is 0 Å². The minimum absolute atomic E-state index is 0.0763. The van der Waals surface area contributed by atoms with Crippen LogP contribution in [0.4, 0.5) is 5.69 Å². The molecule has 1 amide bonds. The number of para-hydroxylation sites is 1. The number of benzene rings is 1.